The lowest BCUT2D eigenvalue weighted by Gasteiger charge is -2.25. The van der Waals surface area contributed by atoms with E-state index in [9.17, 15) is 14.7 Å². The van der Waals surface area contributed by atoms with Gasteiger partial charge in [0.25, 0.3) is 11.7 Å². The number of hydrogen-bond acceptors (Lipinski definition) is 6. The molecule has 0 aliphatic carbocycles. The van der Waals surface area contributed by atoms with E-state index in [1.807, 2.05) is 37.3 Å². The first-order valence-corrected chi connectivity index (χ1v) is 11.1. The first-order valence-electron chi connectivity index (χ1n) is 11.1. The van der Waals surface area contributed by atoms with Crippen molar-refractivity contribution in [2.75, 3.05) is 13.7 Å². The molecule has 2 aromatic carbocycles. The molecule has 7 nitrogen and oxygen atoms in total. The van der Waals surface area contributed by atoms with E-state index in [2.05, 4.69) is 4.98 Å². The van der Waals surface area contributed by atoms with Crippen molar-refractivity contribution in [3.63, 3.8) is 0 Å². The summed E-state index contributed by atoms with van der Waals surface area (Å²) >= 11 is 0. The van der Waals surface area contributed by atoms with Gasteiger partial charge in [-0.05, 0) is 60.0 Å². The molecule has 1 aromatic heterocycles. The SMILES string of the molecule is CCCOc1cccc([C@H]2C(=C(O)c3ccc(OC)cc3)C(=O)C(=O)N2Cc2cccnc2)c1. The third-order valence-corrected chi connectivity index (χ3v) is 5.63. The number of carbonyl (C=O) groups is 2. The zero-order valence-corrected chi connectivity index (χ0v) is 19.1. The van der Waals surface area contributed by atoms with Crippen LogP contribution in [-0.2, 0) is 16.1 Å². The molecule has 1 fully saturated rings. The van der Waals surface area contributed by atoms with Gasteiger partial charge in [-0.1, -0.05) is 25.1 Å². The van der Waals surface area contributed by atoms with Gasteiger partial charge in [0.15, 0.2) is 0 Å². The number of hydrogen-bond donors (Lipinski definition) is 1. The molecule has 1 aliphatic heterocycles. The van der Waals surface area contributed by atoms with E-state index in [1.165, 1.54) is 4.90 Å². The fraction of sp³-hybridized carbons (Fsp3) is 0.222. The van der Waals surface area contributed by atoms with Crippen LogP contribution in [0.4, 0.5) is 0 Å². The summed E-state index contributed by atoms with van der Waals surface area (Å²) < 4.78 is 11.0. The van der Waals surface area contributed by atoms with Gasteiger partial charge < -0.3 is 19.5 Å². The number of likely N-dealkylation sites (tertiary alicyclic amines) is 1. The van der Waals surface area contributed by atoms with Crippen molar-refractivity contribution in [1.82, 2.24) is 9.88 Å². The number of benzene rings is 2. The molecule has 3 aromatic rings. The second-order valence-electron chi connectivity index (χ2n) is 7.94. The topological polar surface area (TPSA) is 89.0 Å². The summed E-state index contributed by atoms with van der Waals surface area (Å²) in [6.07, 6.45) is 4.15. The largest absolute Gasteiger partial charge is 0.507 e. The molecule has 1 saturated heterocycles. The highest BCUT2D eigenvalue weighted by Gasteiger charge is 2.46. The maximum atomic E-state index is 13.2. The van der Waals surface area contributed by atoms with Crippen LogP contribution in [0.15, 0.2) is 78.6 Å². The summed E-state index contributed by atoms with van der Waals surface area (Å²) in [4.78, 5) is 31.9. The number of nitrogens with zero attached hydrogens (tertiary/aromatic N) is 2. The van der Waals surface area contributed by atoms with Crippen molar-refractivity contribution >= 4 is 17.4 Å². The Morgan fingerprint density at radius 2 is 1.85 bits per heavy atom. The highest BCUT2D eigenvalue weighted by Crippen LogP contribution is 2.41. The Morgan fingerprint density at radius 3 is 2.53 bits per heavy atom. The fourth-order valence-electron chi connectivity index (χ4n) is 3.98. The van der Waals surface area contributed by atoms with Crippen LogP contribution < -0.4 is 9.47 Å². The lowest BCUT2D eigenvalue weighted by molar-refractivity contribution is -0.140. The molecule has 1 atom stereocenters. The maximum absolute atomic E-state index is 13.2. The zero-order chi connectivity index (χ0) is 24.1. The number of aliphatic hydroxyl groups excluding tert-OH is 1. The first-order chi connectivity index (χ1) is 16.5. The van der Waals surface area contributed by atoms with E-state index in [-0.39, 0.29) is 17.9 Å². The molecule has 0 radical (unpaired) electrons. The number of carbonyl (C=O) groups excluding carboxylic acids is 2. The summed E-state index contributed by atoms with van der Waals surface area (Å²) in [5.41, 5.74) is 1.90. The third-order valence-electron chi connectivity index (χ3n) is 5.63. The van der Waals surface area contributed by atoms with E-state index in [0.717, 1.165) is 12.0 Å². The first kappa shape index (κ1) is 23.0. The Kier molecular flexibility index (Phi) is 6.92. The average molecular weight is 459 g/mol. The van der Waals surface area contributed by atoms with Crippen LogP contribution in [0.3, 0.4) is 0 Å². The molecule has 1 aliphatic rings. The molecule has 34 heavy (non-hydrogen) atoms. The van der Waals surface area contributed by atoms with Crippen molar-refractivity contribution in [3.05, 3.63) is 95.3 Å². The van der Waals surface area contributed by atoms with Crippen molar-refractivity contribution in [1.29, 1.82) is 0 Å². The average Bonchev–Trinajstić information content (AvgIpc) is 3.13. The molecule has 7 heteroatoms. The lowest BCUT2D eigenvalue weighted by atomic mass is 9.95. The van der Waals surface area contributed by atoms with Gasteiger partial charge in [0.1, 0.15) is 17.3 Å². The molecule has 0 unspecified atom stereocenters. The number of methoxy groups -OCH3 is 1. The fourth-order valence-corrected chi connectivity index (χ4v) is 3.98. The van der Waals surface area contributed by atoms with Crippen LogP contribution in [0.1, 0.15) is 36.1 Å². The molecule has 174 valence electrons. The maximum Gasteiger partial charge on any atom is 0.295 e. The Bertz CT molecular complexity index is 1210. The Morgan fingerprint density at radius 1 is 1.06 bits per heavy atom. The van der Waals surface area contributed by atoms with Gasteiger partial charge >= 0.3 is 0 Å². The van der Waals surface area contributed by atoms with Crippen molar-refractivity contribution < 1.29 is 24.2 Å². The van der Waals surface area contributed by atoms with E-state index < -0.39 is 17.7 Å². The van der Waals surface area contributed by atoms with Gasteiger partial charge in [0.05, 0.1) is 25.3 Å². The predicted octanol–water partition coefficient (Wildman–Crippen LogP) is 4.50. The Labute approximate surface area is 198 Å². The predicted molar refractivity (Wildman–Crippen MR) is 127 cm³/mol. The number of rotatable bonds is 8. The number of ether oxygens (including phenoxy) is 2. The molecule has 4 rings (SSSR count). The van der Waals surface area contributed by atoms with Crippen LogP contribution in [0.25, 0.3) is 5.76 Å². The number of Topliss-reactive ketones (excluding diaryl/α,β-unsaturated/α-hetero) is 1. The second-order valence-corrected chi connectivity index (χ2v) is 7.94. The van der Waals surface area contributed by atoms with Gasteiger partial charge in [-0.2, -0.15) is 0 Å². The minimum Gasteiger partial charge on any atom is -0.507 e. The summed E-state index contributed by atoms with van der Waals surface area (Å²) in [6.45, 7) is 2.73. The van der Waals surface area contributed by atoms with Crippen LogP contribution in [0.2, 0.25) is 0 Å². The van der Waals surface area contributed by atoms with Crippen LogP contribution in [0, 0.1) is 0 Å². The third kappa shape index (κ3) is 4.64. The van der Waals surface area contributed by atoms with Crippen LogP contribution in [0.5, 0.6) is 11.5 Å². The monoisotopic (exact) mass is 458 g/mol. The lowest BCUT2D eigenvalue weighted by Crippen LogP contribution is -2.29. The number of aromatic nitrogens is 1. The molecule has 0 saturated carbocycles. The highest BCUT2D eigenvalue weighted by molar-refractivity contribution is 6.46. The van der Waals surface area contributed by atoms with E-state index in [0.29, 0.717) is 29.2 Å². The number of ketones is 1. The number of aliphatic hydroxyl groups is 1. The van der Waals surface area contributed by atoms with E-state index >= 15 is 0 Å². The normalized spacial score (nSPS) is 17.1. The second kappa shape index (κ2) is 10.2. The number of amides is 1. The van der Waals surface area contributed by atoms with E-state index in [4.69, 9.17) is 9.47 Å². The molecular weight excluding hydrogens is 432 g/mol. The molecule has 0 spiro atoms. The summed E-state index contributed by atoms with van der Waals surface area (Å²) in [5.74, 6) is -0.396. The van der Waals surface area contributed by atoms with Gasteiger partial charge in [0, 0.05) is 24.5 Å². The Balaban J connectivity index is 1.83. The van der Waals surface area contributed by atoms with Crippen molar-refractivity contribution in [2.24, 2.45) is 0 Å². The molecular formula is C27H26N2O5. The quantitative estimate of drug-likeness (QED) is 0.304. The summed E-state index contributed by atoms with van der Waals surface area (Å²) in [7, 11) is 1.55. The van der Waals surface area contributed by atoms with Crippen molar-refractivity contribution in [3.8, 4) is 11.5 Å². The Hall–Kier alpha value is -4.13. The van der Waals surface area contributed by atoms with Crippen LogP contribution in [-0.4, -0.2) is 40.4 Å². The minimum absolute atomic E-state index is 0.0340. The molecule has 1 amide bonds. The molecule has 0 bridgehead atoms. The van der Waals surface area contributed by atoms with Crippen LogP contribution >= 0.6 is 0 Å². The summed E-state index contributed by atoms with van der Waals surface area (Å²) in [5, 5.41) is 11.2. The minimum atomic E-state index is -0.785. The van der Waals surface area contributed by atoms with Gasteiger partial charge in [-0.15, -0.1) is 0 Å². The van der Waals surface area contributed by atoms with Gasteiger partial charge in [-0.3, -0.25) is 14.6 Å². The van der Waals surface area contributed by atoms with Gasteiger partial charge in [-0.25, -0.2) is 0 Å². The van der Waals surface area contributed by atoms with Gasteiger partial charge in [0.2, 0.25) is 0 Å². The van der Waals surface area contributed by atoms with Crippen molar-refractivity contribution in [2.45, 2.75) is 25.9 Å². The smallest absolute Gasteiger partial charge is 0.295 e. The molecule has 1 N–H and O–H groups in total. The molecule has 2 heterocycles. The zero-order valence-electron chi connectivity index (χ0n) is 19.1. The standard InChI is InChI=1S/C27H26N2O5/c1-3-14-34-22-8-4-7-20(15-22)24-23(25(30)19-9-11-21(33-2)12-10-19)26(31)27(32)29(24)17-18-6-5-13-28-16-18/h4-13,15-16,24,30H,3,14,17H2,1-2H3/t24-/m0/s1. The van der Waals surface area contributed by atoms with E-state index in [1.54, 1.807) is 49.8 Å². The number of pyridine rings is 1. The highest BCUT2D eigenvalue weighted by atomic mass is 16.5. The summed E-state index contributed by atoms with van der Waals surface area (Å²) in [6, 6.07) is 16.8.